The maximum absolute atomic E-state index is 13.5. The van der Waals surface area contributed by atoms with E-state index in [1.54, 1.807) is 44.3 Å². The van der Waals surface area contributed by atoms with Gasteiger partial charge in [0.25, 0.3) is 5.91 Å². The molecule has 1 unspecified atom stereocenters. The number of hydrogen-bond acceptors (Lipinski definition) is 10. The maximum atomic E-state index is 13.5. The van der Waals surface area contributed by atoms with Crippen molar-refractivity contribution in [1.29, 1.82) is 0 Å². The standard InChI is InChI=1S/C34H46N6O7S/c1-24-21-28(47-20-8-11-31(41)38-19-18-35-3)22-25(2)32(24)48(44,45)40-29(34(43)46-4)23-39-33(42)27-14-12-26(13-15-27)9-7-17-37-30-10-5-6-16-36-30/h5-6,10,12-16,21-22,29,35,40H,7-9,11,17-20,23H2,1-4H3,(H,36,37)(H,38,41)(H,39,42). The first-order valence-electron chi connectivity index (χ1n) is 15.8. The van der Waals surface area contributed by atoms with Crippen LogP contribution in [-0.4, -0.2) is 84.2 Å². The zero-order chi connectivity index (χ0) is 34.9. The summed E-state index contributed by atoms with van der Waals surface area (Å²) < 4.78 is 39.9. The third-order valence-electron chi connectivity index (χ3n) is 7.30. The van der Waals surface area contributed by atoms with E-state index in [2.05, 4.69) is 31.0 Å². The number of sulfonamides is 1. The fraction of sp³-hybridized carbons (Fsp3) is 0.412. The van der Waals surface area contributed by atoms with Crippen molar-refractivity contribution in [3.05, 3.63) is 83.0 Å². The van der Waals surface area contributed by atoms with Gasteiger partial charge < -0.3 is 30.7 Å². The molecule has 1 aromatic heterocycles. The van der Waals surface area contributed by atoms with E-state index in [0.717, 1.165) is 37.9 Å². The molecule has 14 heteroatoms. The molecule has 2 amide bonds. The largest absolute Gasteiger partial charge is 0.494 e. The number of methoxy groups -OCH3 is 1. The summed E-state index contributed by atoms with van der Waals surface area (Å²) in [6.07, 6.45) is 4.20. The first-order valence-corrected chi connectivity index (χ1v) is 17.3. The van der Waals surface area contributed by atoms with Gasteiger partial charge in [0.2, 0.25) is 15.9 Å². The lowest BCUT2D eigenvalue weighted by Crippen LogP contribution is -2.49. The minimum atomic E-state index is -4.21. The van der Waals surface area contributed by atoms with Crippen molar-refractivity contribution >= 4 is 33.6 Å². The van der Waals surface area contributed by atoms with Gasteiger partial charge in [-0.3, -0.25) is 14.4 Å². The summed E-state index contributed by atoms with van der Waals surface area (Å²) in [6, 6.07) is 14.6. The highest BCUT2D eigenvalue weighted by Gasteiger charge is 2.29. The number of nitrogens with zero attached hydrogens (tertiary/aromatic N) is 1. The van der Waals surface area contributed by atoms with Crippen LogP contribution in [0.4, 0.5) is 5.82 Å². The van der Waals surface area contributed by atoms with Crippen molar-refractivity contribution in [1.82, 2.24) is 25.7 Å². The zero-order valence-corrected chi connectivity index (χ0v) is 28.7. The summed E-state index contributed by atoms with van der Waals surface area (Å²) in [4.78, 5) is 41.5. The van der Waals surface area contributed by atoms with Gasteiger partial charge in [0, 0.05) is 44.4 Å². The molecule has 0 radical (unpaired) electrons. The van der Waals surface area contributed by atoms with Crippen molar-refractivity contribution in [2.75, 3.05) is 52.3 Å². The molecule has 0 aliphatic heterocycles. The summed E-state index contributed by atoms with van der Waals surface area (Å²) >= 11 is 0. The second kappa shape index (κ2) is 19.3. The number of anilines is 1. The lowest BCUT2D eigenvalue weighted by atomic mass is 10.1. The lowest BCUT2D eigenvalue weighted by molar-refractivity contribution is -0.142. The van der Waals surface area contributed by atoms with Crippen LogP contribution < -0.4 is 30.7 Å². The van der Waals surface area contributed by atoms with E-state index in [1.807, 2.05) is 37.4 Å². The van der Waals surface area contributed by atoms with Crippen LogP contribution in [-0.2, 0) is 30.8 Å². The van der Waals surface area contributed by atoms with Gasteiger partial charge in [-0.15, -0.1) is 0 Å². The summed E-state index contributed by atoms with van der Waals surface area (Å²) in [7, 11) is -1.26. The lowest BCUT2D eigenvalue weighted by Gasteiger charge is -2.20. The molecular weight excluding hydrogens is 636 g/mol. The van der Waals surface area contributed by atoms with Gasteiger partial charge in [0.15, 0.2) is 0 Å². The van der Waals surface area contributed by atoms with Crippen LogP contribution in [0.5, 0.6) is 5.75 Å². The molecule has 0 saturated heterocycles. The Bertz CT molecular complexity index is 1580. The van der Waals surface area contributed by atoms with Gasteiger partial charge in [-0.25, -0.2) is 13.4 Å². The van der Waals surface area contributed by atoms with Gasteiger partial charge in [0.1, 0.15) is 17.6 Å². The van der Waals surface area contributed by atoms with Gasteiger partial charge in [-0.2, -0.15) is 4.72 Å². The number of likely N-dealkylation sites (N-methyl/N-ethyl adjacent to an activating group) is 1. The number of carbonyl (C=O) groups excluding carboxylic acids is 3. The smallest absolute Gasteiger partial charge is 0.325 e. The molecule has 5 N–H and O–H groups in total. The minimum Gasteiger partial charge on any atom is -0.494 e. The van der Waals surface area contributed by atoms with E-state index >= 15 is 0 Å². The molecule has 1 atom stereocenters. The van der Waals surface area contributed by atoms with E-state index in [1.165, 1.54) is 0 Å². The monoisotopic (exact) mass is 682 g/mol. The molecule has 2 aromatic carbocycles. The van der Waals surface area contributed by atoms with Crippen LogP contribution in [0, 0.1) is 13.8 Å². The molecule has 3 aromatic rings. The van der Waals surface area contributed by atoms with E-state index in [9.17, 15) is 22.8 Å². The average molecular weight is 683 g/mol. The molecule has 48 heavy (non-hydrogen) atoms. The van der Waals surface area contributed by atoms with E-state index < -0.39 is 27.9 Å². The number of aromatic nitrogens is 1. The molecular formula is C34H46N6O7S. The molecule has 0 spiro atoms. The summed E-state index contributed by atoms with van der Waals surface area (Å²) in [6.45, 7) is 5.18. The highest BCUT2D eigenvalue weighted by molar-refractivity contribution is 7.89. The summed E-state index contributed by atoms with van der Waals surface area (Å²) in [5, 5.41) is 11.6. The second-order valence-corrected chi connectivity index (χ2v) is 12.8. The van der Waals surface area contributed by atoms with Crippen LogP contribution in [0.2, 0.25) is 0 Å². The van der Waals surface area contributed by atoms with Crippen molar-refractivity contribution < 1.29 is 32.3 Å². The molecule has 3 rings (SSSR count). The van der Waals surface area contributed by atoms with Gasteiger partial charge in [-0.1, -0.05) is 18.2 Å². The molecule has 0 fully saturated rings. The van der Waals surface area contributed by atoms with Crippen LogP contribution in [0.3, 0.4) is 0 Å². The normalized spacial score (nSPS) is 11.8. The maximum Gasteiger partial charge on any atom is 0.325 e. The molecule has 1 heterocycles. The Morgan fingerprint density at radius 3 is 2.29 bits per heavy atom. The number of pyridine rings is 1. The van der Waals surface area contributed by atoms with E-state index in [0.29, 0.717) is 48.4 Å². The number of carbonyl (C=O) groups is 3. The Balaban J connectivity index is 1.53. The van der Waals surface area contributed by atoms with Crippen LogP contribution in [0.25, 0.3) is 0 Å². The zero-order valence-electron chi connectivity index (χ0n) is 27.9. The van der Waals surface area contributed by atoms with Crippen LogP contribution in [0.1, 0.15) is 46.3 Å². The summed E-state index contributed by atoms with van der Waals surface area (Å²) in [5.74, 6) is -0.102. The first kappa shape index (κ1) is 37.9. The molecule has 0 saturated carbocycles. The predicted octanol–water partition coefficient (Wildman–Crippen LogP) is 2.49. The SMILES string of the molecule is CNCCNC(=O)CCCOc1cc(C)c(S(=O)(=O)NC(CNC(=O)c2ccc(CCCNc3ccccn3)cc2)C(=O)OC)c(C)c1. The second-order valence-electron chi connectivity index (χ2n) is 11.1. The van der Waals surface area contributed by atoms with Crippen molar-refractivity contribution in [3.63, 3.8) is 0 Å². The van der Waals surface area contributed by atoms with E-state index in [-0.39, 0.29) is 24.0 Å². The topological polar surface area (TPSA) is 177 Å². The highest BCUT2D eigenvalue weighted by Crippen LogP contribution is 2.26. The summed E-state index contributed by atoms with van der Waals surface area (Å²) in [5.41, 5.74) is 2.23. The number of aryl methyl sites for hydroxylation is 3. The number of hydrogen-bond donors (Lipinski definition) is 5. The Kier molecular flexibility index (Phi) is 15.3. The number of rotatable bonds is 20. The predicted molar refractivity (Wildman–Crippen MR) is 184 cm³/mol. The fourth-order valence-electron chi connectivity index (χ4n) is 4.91. The van der Waals surface area contributed by atoms with Gasteiger partial charge >= 0.3 is 5.97 Å². The van der Waals surface area contributed by atoms with Gasteiger partial charge in [-0.05, 0) is 93.2 Å². The van der Waals surface area contributed by atoms with Crippen molar-refractivity contribution in [2.45, 2.75) is 50.5 Å². The van der Waals surface area contributed by atoms with Gasteiger partial charge in [0.05, 0.1) is 18.6 Å². The number of nitrogens with one attached hydrogen (secondary N) is 5. The van der Waals surface area contributed by atoms with Crippen LogP contribution >= 0.6 is 0 Å². The molecule has 0 aliphatic carbocycles. The van der Waals surface area contributed by atoms with Crippen molar-refractivity contribution in [2.24, 2.45) is 0 Å². The molecule has 13 nitrogen and oxygen atoms in total. The first-order chi connectivity index (χ1) is 23.0. The molecule has 260 valence electrons. The Labute approximate surface area is 282 Å². The third kappa shape index (κ3) is 12.2. The molecule has 0 aliphatic rings. The quantitative estimate of drug-likeness (QED) is 0.0879. The third-order valence-corrected chi connectivity index (χ3v) is 9.07. The number of ether oxygens (including phenoxy) is 2. The molecule has 0 bridgehead atoms. The number of benzene rings is 2. The number of amides is 2. The highest BCUT2D eigenvalue weighted by atomic mass is 32.2. The van der Waals surface area contributed by atoms with E-state index in [4.69, 9.17) is 9.47 Å². The minimum absolute atomic E-state index is 0.00943. The Morgan fingerprint density at radius 1 is 0.917 bits per heavy atom. The van der Waals surface area contributed by atoms with Crippen molar-refractivity contribution in [3.8, 4) is 5.75 Å². The Morgan fingerprint density at radius 2 is 1.65 bits per heavy atom. The van der Waals surface area contributed by atoms with Crippen LogP contribution in [0.15, 0.2) is 65.7 Å². The average Bonchev–Trinajstić information content (AvgIpc) is 3.07. The number of esters is 1. The fourth-order valence-corrected chi connectivity index (χ4v) is 6.55. The Hall–Kier alpha value is -4.53.